The highest BCUT2D eigenvalue weighted by atomic mass is 16.5. The third-order valence-corrected chi connectivity index (χ3v) is 5.81. The molecule has 154 valence electrons. The second kappa shape index (κ2) is 10.9. The second-order valence-electron chi connectivity index (χ2n) is 7.81. The zero-order chi connectivity index (χ0) is 20.5. The topological polar surface area (TPSA) is 12.5 Å². The Hall–Kier alpha value is -2.48. The lowest BCUT2D eigenvalue weighted by Gasteiger charge is -2.27. The largest absolute Gasteiger partial charge is 0.495 e. The molecule has 0 radical (unpaired) electrons. The SMILES string of the molecule is C=CC1=C(OC)c2ccccc2N(CCCCCCCCCC)c2ccccc21. The smallest absolute Gasteiger partial charge is 0.136 e. The summed E-state index contributed by atoms with van der Waals surface area (Å²) in [5.74, 6) is 0.904. The number of anilines is 2. The molecule has 2 aromatic carbocycles. The Kier molecular flexibility index (Phi) is 7.98. The summed E-state index contributed by atoms with van der Waals surface area (Å²) in [5.41, 5.74) is 5.85. The normalized spacial score (nSPS) is 13.0. The lowest BCUT2D eigenvalue weighted by Crippen LogP contribution is -2.20. The molecule has 0 amide bonds. The Labute approximate surface area is 176 Å². The number of para-hydroxylation sites is 2. The Morgan fingerprint density at radius 2 is 1.34 bits per heavy atom. The van der Waals surface area contributed by atoms with E-state index in [1.54, 1.807) is 7.11 Å². The number of unbranched alkanes of at least 4 members (excludes halogenated alkanes) is 7. The zero-order valence-electron chi connectivity index (χ0n) is 18.1. The quantitative estimate of drug-likeness (QED) is 0.361. The van der Waals surface area contributed by atoms with Gasteiger partial charge in [-0.3, -0.25) is 0 Å². The Morgan fingerprint density at radius 1 is 0.793 bits per heavy atom. The van der Waals surface area contributed by atoms with Gasteiger partial charge in [-0.15, -0.1) is 0 Å². The van der Waals surface area contributed by atoms with Crippen LogP contribution in [0, 0.1) is 0 Å². The zero-order valence-corrected chi connectivity index (χ0v) is 18.1. The van der Waals surface area contributed by atoms with Gasteiger partial charge in [0.1, 0.15) is 5.76 Å². The van der Waals surface area contributed by atoms with Crippen molar-refractivity contribution in [2.45, 2.75) is 58.3 Å². The van der Waals surface area contributed by atoms with Crippen LogP contribution in [0.25, 0.3) is 11.3 Å². The van der Waals surface area contributed by atoms with Gasteiger partial charge in [-0.25, -0.2) is 0 Å². The van der Waals surface area contributed by atoms with Gasteiger partial charge in [0.15, 0.2) is 0 Å². The van der Waals surface area contributed by atoms with Crippen molar-refractivity contribution in [1.82, 2.24) is 0 Å². The lowest BCUT2D eigenvalue weighted by atomic mass is 10.0. The van der Waals surface area contributed by atoms with Crippen molar-refractivity contribution in [3.63, 3.8) is 0 Å². The standard InChI is InChI=1S/C27H35NO/c1-4-6-7-8-9-10-11-16-21-28-25-19-14-12-17-23(25)22(5-2)27(29-3)24-18-13-15-20-26(24)28/h5,12-15,17-20H,2,4,6-11,16,21H2,1,3H3. The predicted octanol–water partition coefficient (Wildman–Crippen LogP) is 7.98. The fourth-order valence-electron chi connectivity index (χ4n) is 4.30. The van der Waals surface area contributed by atoms with Crippen LogP contribution in [0.15, 0.2) is 61.2 Å². The summed E-state index contributed by atoms with van der Waals surface area (Å²) in [6, 6.07) is 17.2. The van der Waals surface area contributed by atoms with E-state index in [0.29, 0.717) is 0 Å². The summed E-state index contributed by atoms with van der Waals surface area (Å²) in [4.78, 5) is 2.47. The molecular weight excluding hydrogens is 354 g/mol. The maximum Gasteiger partial charge on any atom is 0.136 e. The van der Waals surface area contributed by atoms with E-state index < -0.39 is 0 Å². The van der Waals surface area contributed by atoms with Crippen molar-refractivity contribution in [2.24, 2.45) is 0 Å². The van der Waals surface area contributed by atoms with Crippen molar-refractivity contribution >= 4 is 22.7 Å². The van der Waals surface area contributed by atoms with Crippen LogP contribution in [0.5, 0.6) is 0 Å². The number of hydrogen-bond donors (Lipinski definition) is 0. The van der Waals surface area contributed by atoms with E-state index in [0.717, 1.165) is 23.4 Å². The maximum atomic E-state index is 5.88. The van der Waals surface area contributed by atoms with Gasteiger partial charge in [0.25, 0.3) is 0 Å². The monoisotopic (exact) mass is 389 g/mol. The first-order valence-corrected chi connectivity index (χ1v) is 11.2. The van der Waals surface area contributed by atoms with Gasteiger partial charge in [0, 0.05) is 28.9 Å². The molecule has 1 heterocycles. The number of nitrogens with zero attached hydrogens (tertiary/aromatic N) is 1. The number of ether oxygens (including phenoxy) is 1. The number of rotatable bonds is 11. The summed E-state index contributed by atoms with van der Waals surface area (Å²) in [5, 5.41) is 0. The average molecular weight is 390 g/mol. The minimum atomic E-state index is 0.904. The Morgan fingerprint density at radius 3 is 1.97 bits per heavy atom. The van der Waals surface area contributed by atoms with Crippen LogP contribution in [0.4, 0.5) is 11.4 Å². The van der Waals surface area contributed by atoms with E-state index in [1.807, 2.05) is 6.08 Å². The molecule has 2 nitrogen and oxygen atoms in total. The van der Waals surface area contributed by atoms with E-state index in [2.05, 4.69) is 66.9 Å². The van der Waals surface area contributed by atoms with E-state index >= 15 is 0 Å². The van der Waals surface area contributed by atoms with Crippen molar-refractivity contribution in [3.8, 4) is 0 Å². The van der Waals surface area contributed by atoms with Crippen LogP contribution in [-0.2, 0) is 4.74 Å². The molecule has 3 rings (SSSR count). The first kappa shape index (κ1) is 21.2. The minimum Gasteiger partial charge on any atom is -0.495 e. The summed E-state index contributed by atoms with van der Waals surface area (Å²) < 4.78 is 5.88. The summed E-state index contributed by atoms with van der Waals surface area (Å²) in [6.45, 7) is 7.38. The molecular formula is C27H35NO. The van der Waals surface area contributed by atoms with E-state index in [-0.39, 0.29) is 0 Å². The molecule has 0 fully saturated rings. The molecule has 0 atom stereocenters. The fraction of sp³-hybridized carbons (Fsp3) is 0.407. The Bertz CT molecular complexity index is 836. The fourth-order valence-corrected chi connectivity index (χ4v) is 4.30. The molecule has 0 saturated carbocycles. The van der Waals surface area contributed by atoms with Gasteiger partial charge in [0.2, 0.25) is 0 Å². The molecule has 1 aliphatic rings. The van der Waals surface area contributed by atoms with Gasteiger partial charge < -0.3 is 9.64 Å². The van der Waals surface area contributed by atoms with Crippen molar-refractivity contribution < 1.29 is 4.74 Å². The molecule has 0 bridgehead atoms. The highest BCUT2D eigenvalue weighted by molar-refractivity contribution is 6.02. The number of fused-ring (bicyclic) bond motifs is 2. The van der Waals surface area contributed by atoms with Crippen LogP contribution in [-0.4, -0.2) is 13.7 Å². The molecule has 0 N–H and O–H groups in total. The highest BCUT2D eigenvalue weighted by Gasteiger charge is 2.25. The summed E-state index contributed by atoms with van der Waals surface area (Å²) in [7, 11) is 1.76. The second-order valence-corrected chi connectivity index (χ2v) is 7.81. The van der Waals surface area contributed by atoms with Gasteiger partial charge >= 0.3 is 0 Å². The van der Waals surface area contributed by atoms with Crippen molar-refractivity contribution in [1.29, 1.82) is 0 Å². The van der Waals surface area contributed by atoms with Crippen LogP contribution in [0.1, 0.15) is 69.4 Å². The van der Waals surface area contributed by atoms with E-state index in [4.69, 9.17) is 4.74 Å². The van der Waals surface area contributed by atoms with E-state index in [9.17, 15) is 0 Å². The van der Waals surface area contributed by atoms with Gasteiger partial charge in [-0.2, -0.15) is 0 Å². The molecule has 2 aromatic rings. The van der Waals surface area contributed by atoms with Crippen LogP contribution in [0.3, 0.4) is 0 Å². The molecule has 29 heavy (non-hydrogen) atoms. The molecule has 0 aromatic heterocycles. The Balaban J connectivity index is 1.81. The first-order chi connectivity index (χ1) is 14.3. The molecule has 0 spiro atoms. The minimum absolute atomic E-state index is 0.904. The van der Waals surface area contributed by atoms with Crippen molar-refractivity contribution in [3.05, 3.63) is 72.3 Å². The highest BCUT2D eigenvalue weighted by Crippen LogP contribution is 2.44. The van der Waals surface area contributed by atoms with Crippen LogP contribution >= 0.6 is 0 Å². The van der Waals surface area contributed by atoms with Gasteiger partial charge in [-0.1, -0.05) is 94.9 Å². The summed E-state index contributed by atoms with van der Waals surface area (Å²) >= 11 is 0. The average Bonchev–Trinajstić information content (AvgIpc) is 2.88. The van der Waals surface area contributed by atoms with Crippen LogP contribution in [0.2, 0.25) is 0 Å². The molecule has 0 unspecified atom stereocenters. The number of hydrogen-bond acceptors (Lipinski definition) is 2. The molecule has 2 heteroatoms. The lowest BCUT2D eigenvalue weighted by molar-refractivity contribution is 0.372. The molecule has 1 aliphatic heterocycles. The van der Waals surface area contributed by atoms with Gasteiger partial charge in [-0.05, 0) is 24.6 Å². The predicted molar refractivity (Wildman–Crippen MR) is 127 cm³/mol. The third kappa shape index (κ3) is 4.93. The number of benzene rings is 2. The van der Waals surface area contributed by atoms with Crippen LogP contribution < -0.4 is 4.90 Å². The first-order valence-electron chi connectivity index (χ1n) is 11.2. The number of allylic oxidation sites excluding steroid dienone is 2. The third-order valence-electron chi connectivity index (χ3n) is 5.81. The molecule has 0 saturated heterocycles. The molecule has 0 aliphatic carbocycles. The summed E-state index contributed by atoms with van der Waals surface area (Å²) in [6.07, 6.45) is 12.6. The maximum absolute atomic E-state index is 5.88. The van der Waals surface area contributed by atoms with Gasteiger partial charge in [0.05, 0.1) is 12.8 Å². The number of methoxy groups -OCH3 is 1. The van der Waals surface area contributed by atoms with E-state index in [1.165, 1.54) is 68.3 Å². The van der Waals surface area contributed by atoms with Crippen molar-refractivity contribution in [2.75, 3.05) is 18.6 Å².